The van der Waals surface area contributed by atoms with Gasteiger partial charge in [-0.1, -0.05) is 11.6 Å². The molecule has 1 N–H and O–H groups in total. The van der Waals surface area contributed by atoms with E-state index in [-0.39, 0.29) is 0 Å². The normalized spacial score (nSPS) is 19.9. The first kappa shape index (κ1) is 13.4. The van der Waals surface area contributed by atoms with E-state index in [2.05, 4.69) is 20.2 Å². The number of anilines is 2. The fraction of sp³-hybridized carbons (Fsp3) is 0.667. The van der Waals surface area contributed by atoms with Gasteiger partial charge >= 0.3 is 0 Å². The van der Waals surface area contributed by atoms with E-state index >= 15 is 0 Å². The highest BCUT2D eigenvalue weighted by atomic mass is 35.5. The summed E-state index contributed by atoms with van der Waals surface area (Å²) in [6.45, 7) is 2.75. The first-order chi connectivity index (χ1) is 8.76. The van der Waals surface area contributed by atoms with Crippen LogP contribution in [0.25, 0.3) is 0 Å². The fourth-order valence-corrected chi connectivity index (χ4v) is 2.66. The molecule has 1 atom stereocenters. The minimum atomic E-state index is 0.469. The lowest BCUT2D eigenvalue weighted by Crippen LogP contribution is -2.38. The third-order valence-corrected chi connectivity index (χ3v) is 3.54. The molecule has 0 saturated carbocycles. The molecule has 100 valence electrons. The van der Waals surface area contributed by atoms with Gasteiger partial charge in [-0.25, -0.2) is 9.97 Å². The Morgan fingerprint density at radius 1 is 1.56 bits per heavy atom. The Balaban J connectivity index is 2.18. The van der Waals surface area contributed by atoms with Crippen LogP contribution >= 0.6 is 11.6 Å². The molecule has 0 radical (unpaired) electrons. The van der Waals surface area contributed by atoms with Gasteiger partial charge in [0.05, 0.1) is 6.61 Å². The first-order valence-corrected chi connectivity index (χ1v) is 6.56. The maximum absolute atomic E-state index is 6.08. The maximum Gasteiger partial charge on any atom is 0.157 e. The molecule has 0 amide bonds. The molecule has 0 aliphatic carbocycles. The molecule has 0 bridgehead atoms. The summed E-state index contributed by atoms with van der Waals surface area (Å²) in [5.74, 6) is 1.44. The molecule has 18 heavy (non-hydrogen) atoms. The lowest BCUT2D eigenvalue weighted by Gasteiger charge is -2.34. The van der Waals surface area contributed by atoms with Crippen LogP contribution in [0.3, 0.4) is 0 Å². The van der Waals surface area contributed by atoms with Crippen LogP contribution < -0.4 is 10.2 Å². The number of hydrogen-bond donors (Lipinski definition) is 1. The second-order valence-electron chi connectivity index (χ2n) is 4.52. The van der Waals surface area contributed by atoms with Gasteiger partial charge < -0.3 is 15.0 Å². The summed E-state index contributed by atoms with van der Waals surface area (Å²) in [5.41, 5.74) is 0.803. The van der Waals surface area contributed by atoms with Gasteiger partial charge in [-0.15, -0.1) is 0 Å². The van der Waals surface area contributed by atoms with E-state index in [9.17, 15) is 0 Å². The van der Waals surface area contributed by atoms with Crippen molar-refractivity contribution in [3.8, 4) is 0 Å². The Kier molecular flexibility index (Phi) is 4.60. The quantitative estimate of drug-likeness (QED) is 0.849. The first-order valence-electron chi connectivity index (χ1n) is 6.18. The van der Waals surface area contributed by atoms with E-state index in [4.69, 9.17) is 16.3 Å². The number of piperidine rings is 1. The number of ether oxygens (including phenoxy) is 1. The predicted octanol–water partition coefficient (Wildman–Crippen LogP) is 2.03. The lowest BCUT2D eigenvalue weighted by atomic mass is 9.99. The van der Waals surface area contributed by atoms with Crippen LogP contribution in [0.1, 0.15) is 12.8 Å². The zero-order valence-electron chi connectivity index (χ0n) is 10.8. The number of nitrogens with one attached hydrogen (secondary N) is 1. The summed E-state index contributed by atoms with van der Waals surface area (Å²) in [7, 11) is 3.59. The average molecular weight is 271 g/mol. The van der Waals surface area contributed by atoms with Crippen molar-refractivity contribution in [1.82, 2.24) is 9.97 Å². The van der Waals surface area contributed by atoms with Crippen LogP contribution in [0.5, 0.6) is 0 Å². The van der Waals surface area contributed by atoms with Gasteiger partial charge in [-0.2, -0.15) is 0 Å². The van der Waals surface area contributed by atoms with Crippen molar-refractivity contribution >= 4 is 23.1 Å². The number of methoxy groups -OCH3 is 1. The highest BCUT2D eigenvalue weighted by molar-refractivity contribution is 6.32. The van der Waals surface area contributed by atoms with E-state index in [1.165, 1.54) is 12.7 Å². The minimum Gasteiger partial charge on any atom is -0.384 e. The second-order valence-corrected chi connectivity index (χ2v) is 4.88. The van der Waals surface area contributed by atoms with Crippen LogP contribution in [0.2, 0.25) is 5.15 Å². The summed E-state index contributed by atoms with van der Waals surface area (Å²) >= 11 is 6.08. The Hall–Kier alpha value is -1.07. The molecule has 1 unspecified atom stereocenters. The largest absolute Gasteiger partial charge is 0.384 e. The van der Waals surface area contributed by atoms with Crippen molar-refractivity contribution in [2.75, 3.05) is 44.1 Å². The third kappa shape index (κ3) is 2.84. The van der Waals surface area contributed by atoms with Gasteiger partial charge in [0.2, 0.25) is 0 Å². The monoisotopic (exact) mass is 270 g/mol. The van der Waals surface area contributed by atoms with Crippen LogP contribution in [0.4, 0.5) is 11.5 Å². The van der Waals surface area contributed by atoms with Gasteiger partial charge in [0.1, 0.15) is 12.0 Å². The number of hydrogen-bond acceptors (Lipinski definition) is 5. The molecule has 2 heterocycles. The number of rotatable bonds is 4. The number of aromatic nitrogens is 2. The summed E-state index contributed by atoms with van der Waals surface area (Å²) in [6, 6.07) is 0. The second kappa shape index (κ2) is 6.20. The van der Waals surface area contributed by atoms with Crippen molar-refractivity contribution < 1.29 is 4.74 Å². The molecular weight excluding hydrogens is 252 g/mol. The lowest BCUT2D eigenvalue weighted by molar-refractivity contribution is 0.143. The Labute approximate surface area is 113 Å². The zero-order valence-corrected chi connectivity index (χ0v) is 11.6. The average Bonchev–Trinajstić information content (AvgIpc) is 2.39. The van der Waals surface area contributed by atoms with Crippen molar-refractivity contribution in [1.29, 1.82) is 0 Å². The molecule has 1 aromatic rings. The van der Waals surface area contributed by atoms with Gasteiger partial charge in [-0.05, 0) is 18.8 Å². The summed E-state index contributed by atoms with van der Waals surface area (Å²) in [6.07, 6.45) is 3.87. The summed E-state index contributed by atoms with van der Waals surface area (Å²) in [5, 5.41) is 3.55. The Morgan fingerprint density at radius 3 is 3.11 bits per heavy atom. The molecule has 1 aliphatic rings. The molecule has 1 aliphatic heterocycles. The molecule has 1 saturated heterocycles. The Morgan fingerprint density at radius 2 is 2.39 bits per heavy atom. The van der Waals surface area contributed by atoms with E-state index in [0.717, 1.165) is 37.6 Å². The van der Waals surface area contributed by atoms with Crippen molar-refractivity contribution in [3.05, 3.63) is 11.5 Å². The Bertz CT molecular complexity index is 400. The molecule has 2 rings (SSSR count). The molecule has 6 heteroatoms. The van der Waals surface area contributed by atoms with Gasteiger partial charge in [0.15, 0.2) is 11.0 Å². The van der Waals surface area contributed by atoms with Gasteiger partial charge in [0.25, 0.3) is 0 Å². The van der Waals surface area contributed by atoms with Gasteiger partial charge in [0, 0.05) is 27.2 Å². The number of nitrogens with zero attached hydrogens (tertiary/aromatic N) is 3. The fourth-order valence-electron chi connectivity index (χ4n) is 2.44. The van der Waals surface area contributed by atoms with Crippen LogP contribution in [-0.4, -0.2) is 43.8 Å². The van der Waals surface area contributed by atoms with E-state index < -0.39 is 0 Å². The molecule has 5 nitrogen and oxygen atoms in total. The summed E-state index contributed by atoms with van der Waals surface area (Å²) in [4.78, 5) is 10.6. The van der Waals surface area contributed by atoms with Crippen LogP contribution in [0.15, 0.2) is 6.33 Å². The summed E-state index contributed by atoms with van der Waals surface area (Å²) < 4.78 is 5.24. The molecule has 0 aromatic carbocycles. The maximum atomic E-state index is 6.08. The van der Waals surface area contributed by atoms with E-state index in [1.807, 2.05) is 7.05 Å². The van der Waals surface area contributed by atoms with E-state index in [0.29, 0.717) is 11.1 Å². The molecular formula is C12H19ClN4O. The van der Waals surface area contributed by atoms with Crippen molar-refractivity contribution in [2.24, 2.45) is 5.92 Å². The molecule has 1 aromatic heterocycles. The van der Waals surface area contributed by atoms with Crippen LogP contribution in [-0.2, 0) is 4.74 Å². The smallest absolute Gasteiger partial charge is 0.157 e. The minimum absolute atomic E-state index is 0.469. The number of halogens is 1. The zero-order chi connectivity index (χ0) is 13.0. The van der Waals surface area contributed by atoms with Crippen molar-refractivity contribution in [2.45, 2.75) is 12.8 Å². The van der Waals surface area contributed by atoms with Crippen molar-refractivity contribution in [3.63, 3.8) is 0 Å². The highest BCUT2D eigenvalue weighted by Gasteiger charge is 2.23. The van der Waals surface area contributed by atoms with E-state index in [1.54, 1.807) is 7.11 Å². The van der Waals surface area contributed by atoms with Crippen LogP contribution in [0, 0.1) is 5.92 Å². The highest BCUT2D eigenvalue weighted by Crippen LogP contribution is 2.31. The third-order valence-electron chi connectivity index (χ3n) is 3.25. The molecule has 0 spiro atoms. The standard InChI is InChI=1S/C12H19ClN4O/c1-14-10-11(13)15-8-16-12(10)17-5-3-4-9(6-17)7-18-2/h8-9,14H,3-7H2,1-2H3. The predicted molar refractivity (Wildman–Crippen MR) is 73.4 cm³/mol. The van der Waals surface area contributed by atoms with Gasteiger partial charge in [-0.3, -0.25) is 0 Å². The molecule has 1 fully saturated rings. The SMILES string of the molecule is CNc1c(Cl)ncnc1N1CCCC(COC)C1. The topological polar surface area (TPSA) is 50.3 Å².